The van der Waals surface area contributed by atoms with Crippen molar-refractivity contribution in [2.45, 2.75) is 0 Å². The number of hydrogen-bond acceptors (Lipinski definition) is 3. The maximum absolute atomic E-state index is 6.99. The van der Waals surface area contributed by atoms with Crippen LogP contribution in [0.1, 0.15) is 0 Å². The number of furan rings is 1. The summed E-state index contributed by atoms with van der Waals surface area (Å²) in [6, 6.07) is 71.9. The molecule has 0 saturated heterocycles. The van der Waals surface area contributed by atoms with Crippen LogP contribution in [0, 0.1) is 0 Å². The molecule has 258 valence electrons. The number of nitrogens with zero attached hydrogens (tertiary/aromatic N) is 1. The first kappa shape index (κ1) is 31.6. The molecule has 0 fully saturated rings. The highest BCUT2D eigenvalue weighted by Gasteiger charge is 2.24. The molecule has 0 bridgehead atoms. The summed E-state index contributed by atoms with van der Waals surface area (Å²) in [4.78, 5) is 2.41. The second-order valence-corrected chi connectivity index (χ2v) is 15.1. The molecule has 0 aliphatic carbocycles. The van der Waals surface area contributed by atoms with E-state index in [-0.39, 0.29) is 0 Å². The molecule has 0 aliphatic rings. The summed E-state index contributed by atoms with van der Waals surface area (Å²) < 4.78 is 9.55. The molecular weight excluding hydrogens is 687 g/mol. The molecule has 0 N–H and O–H groups in total. The third-order valence-corrected chi connectivity index (χ3v) is 12.1. The van der Waals surface area contributed by atoms with Gasteiger partial charge in [0.1, 0.15) is 11.3 Å². The van der Waals surface area contributed by atoms with E-state index in [2.05, 4.69) is 205 Å². The minimum atomic E-state index is 0.883. The fourth-order valence-electron chi connectivity index (χ4n) is 8.34. The highest BCUT2D eigenvalue weighted by molar-refractivity contribution is 7.26. The van der Waals surface area contributed by atoms with Crippen LogP contribution in [0.4, 0.5) is 17.1 Å². The van der Waals surface area contributed by atoms with Crippen LogP contribution in [-0.2, 0) is 0 Å². The third-order valence-electron chi connectivity index (χ3n) is 10.9. The van der Waals surface area contributed by atoms with Crippen LogP contribution in [0.2, 0.25) is 0 Å². The predicted molar refractivity (Wildman–Crippen MR) is 235 cm³/mol. The zero-order chi connectivity index (χ0) is 36.3. The van der Waals surface area contributed by atoms with E-state index in [0.29, 0.717) is 0 Å². The Balaban J connectivity index is 1.13. The van der Waals surface area contributed by atoms with Crippen LogP contribution in [0.5, 0.6) is 0 Å². The lowest BCUT2D eigenvalue weighted by molar-refractivity contribution is 0.636. The van der Waals surface area contributed by atoms with E-state index in [1.54, 1.807) is 0 Å². The van der Waals surface area contributed by atoms with E-state index in [4.69, 9.17) is 4.42 Å². The smallest absolute Gasteiger partial charge is 0.143 e. The van der Waals surface area contributed by atoms with Gasteiger partial charge in [0.05, 0.1) is 10.4 Å². The number of benzene rings is 9. The molecule has 9 aromatic carbocycles. The summed E-state index contributed by atoms with van der Waals surface area (Å²) in [5.74, 6) is 0.883. The second-order valence-electron chi connectivity index (χ2n) is 14.0. The summed E-state index contributed by atoms with van der Waals surface area (Å²) in [6.07, 6.45) is 0. The van der Waals surface area contributed by atoms with E-state index >= 15 is 0 Å². The molecular formula is C52H33NOS. The van der Waals surface area contributed by atoms with Crippen LogP contribution in [-0.4, -0.2) is 0 Å². The standard InChI is InChI=1S/C52H33NOS/c1-3-14-34(15-4-1)35-26-30-38(31-27-35)53(46-24-13-23-45-42-20-11-12-25-47(42)55-52(45)46)39-32-28-36(29-33-39)48-49-43-21-9-7-18-40(43)41-19-8-10-22-44(41)51(49)54-50(48)37-16-5-2-6-17-37/h1-33H. The van der Waals surface area contributed by atoms with Gasteiger partial charge in [-0.2, -0.15) is 0 Å². The van der Waals surface area contributed by atoms with Crippen LogP contribution < -0.4 is 4.90 Å². The van der Waals surface area contributed by atoms with Crippen molar-refractivity contribution in [3.8, 4) is 33.6 Å². The Morgan fingerprint density at radius 1 is 0.364 bits per heavy atom. The van der Waals surface area contributed by atoms with Gasteiger partial charge in [-0.25, -0.2) is 0 Å². The van der Waals surface area contributed by atoms with Gasteiger partial charge in [0.2, 0.25) is 0 Å². The molecule has 11 rings (SSSR count). The molecule has 3 heteroatoms. The molecule has 0 saturated carbocycles. The molecule has 0 atom stereocenters. The van der Waals surface area contributed by atoms with Crippen molar-refractivity contribution in [2.24, 2.45) is 0 Å². The largest absolute Gasteiger partial charge is 0.455 e. The van der Waals surface area contributed by atoms with E-state index in [9.17, 15) is 0 Å². The third kappa shape index (κ3) is 5.16. The fourth-order valence-corrected chi connectivity index (χ4v) is 9.55. The Bertz CT molecular complexity index is 3180. The summed E-state index contributed by atoms with van der Waals surface area (Å²) in [5.41, 5.74) is 9.96. The highest BCUT2D eigenvalue weighted by Crippen LogP contribution is 2.49. The van der Waals surface area contributed by atoms with E-state index in [0.717, 1.165) is 55.9 Å². The minimum Gasteiger partial charge on any atom is -0.455 e. The monoisotopic (exact) mass is 719 g/mol. The van der Waals surface area contributed by atoms with Gasteiger partial charge >= 0.3 is 0 Å². The molecule has 2 heterocycles. The highest BCUT2D eigenvalue weighted by atomic mass is 32.1. The van der Waals surface area contributed by atoms with Crippen molar-refractivity contribution in [1.82, 2.24) is 0 Å². The first-order valence-electron chi connectivity index (χ1n) is 18.7. The van der Waals surface area contributed by atoms with Crippen molar-refractivity contribution >= 4 is 81.1 Å². The summed E-state index contributed by atoms with van der Waals surface area (Å²) >= 11 is 1.86. The average molecular weight is 720 g/mol. The molecule has 2 aromatic heterocycles. The predicted octanol–water partition coefficient (Wildman–Crippen LogP) is 15.6. The fraction of sp³-hybridized carbons (Fsp3) is 0. The van der Waals surface area contributed by atoms with Gasteiger partial charge in [0.15, 0.2) is 0 Å². The van der Waals surface area contributed by atoms with Gasteiger partial charge in [-0.15, -0.1) is 11.3 Å². The zero-order valence-electron chi connectivity index (χ0n) is 29.8. The Kier molecular flexibility index (Phi) is 7.39. The van der Waals surface area contributed by atoms with Crippen molar-refractivity contribution in [2.75, 3.05) is 4.90 Å². The molecule has 0 aliphatic heterocycles. The van der Waals surface area contributed by atoms with Crippen molar-refractivity contribution in [3.05, 3.63) is 200 Å². The van der Waals surface area contributed by atoms with E-state index in [1.165, 1.54) is 47.5 Å². The van der Waals surface area contributed by atoms with Gasteiger partial charge < -0.3 is 9.32 Å². The Labute approximate surface area is 322 Å². The maximum Gasteiger partial charge on any atom is 0.143 e. The molecule has 2 nitrogen and oxygen atoms in total. The first-order chi connectivity index (χ1) is 27.3. The van der Waals surface area contributed by atoms with Gasteiger partial charge in [0.25, 0.3) is 0 Å². The Morgan fingerprint density at radius 2 is 0.873 bits per heavy atom. The lowest BCUT2D eigenvalue weighted by atomic mass is 9.92. The van der Waals surface area contributed by atoms with Gasteiger partial charge in [-0.05, 0) is 69.2 Å². The van der Waals surface area contributed by atoms with Crippen molar-refractivity contribution in [1.29, 1.82) is 0 Å². The van der Waals surface area contributed by atoms with Gasteiger partial charge in [0, 0.05) is 48.7 Å². The van der Waals surface area contributed by atoms with E-state index in [1.807, 2.05) is 11.3 Å². The molecule has 55 heavy (non-hydrogen) atoms. The van der Waals surface area contributed by atoms with Crippen LogP contribution in [0.3, 0.4) is 0 Å². The molecule has 0 radical (unpaired) electrons. The number of fused-ring (bicyclic) bond motifs is 9. The second kappa shape index (κ2) is 12.9. The molecule has 0 unspecified atom stereocenters. The van der Waals surface area contributed by atoms with Gasteiger partial charge in [-0.3, -0.25) is 0 Å². The molecule has 0 spiro atoms. The van der Waals surface area contributed by atoms with E-state index < -0.39 is 0 Å². The lowest BCUT2D eigenvalue weighted by Crippen LogP contribution is -2.10. The topological polar surface area (TPSA) is 16.4 Å². The van der Waals surface area contributed by atoms with Crippen LogP contribution in [0.25, 0.3) is 86.3 Å². The average Bonchev–Trinajstić information content (AvgIpc) is 3.86. The summed E-state index contributed by atoms with van der Waals surface area (Å²) in [5, 5.41) is 8.45. The zero-order valence-corrected chi connectivity index (χ0v) is 30.6. The Hall–Kier alpha value is -6.94. The number of rotatable bonds is 6. The quantitative estimate of drug-likeness (QED) is 0.159. The number of anilines is 3. The first-order valence-corrected chi connectivity index (χ1v) is 19.5. The SMILES string of the molecule is c1ccc(-c2ccc(N(c3ccc(-c4c(-c5ccccc5)oc5c6ccccc6c6ccccc6c45)cc3)c3cccc4c3sc3ccccc34)cc2)cc1. The van der Waals surface area contributed by atoms with Crippen LogP contribution in [0.15, 0.2) is 205 Å². The van der Waals surface area contributed by atoms with Crippen molar-refractivity contribution < 1.29 is 4.42 Å². The number of thiophene rings is 1. The normalized spacial score (nSPS) is 11.6. The van der Waals surface area contributed by atoms with Crippen molar-refractivity contribution in [3.63, 3.8) is 0 Å². The summed E-state index contributed by atoms with van der Waals surface area (Å²) in [7, 11) is 0. The maximum atomic E-state index is 6.99. The summed E-state index contributed by atoms with van der Waals surface area (Å²) in [6.45, 7) is 0. The number of hydrogen-bond donors (Lipinski definition) is 0. The molecule has 0 amide bonds. The minimum absolute atomic E-state index is 0.883. The Morgan fingerprint density at radius 3 is 1.56 bits per heavy atom. The molecule has 11 aromatic rings. The lowest BCUT2D eigenvalue weighted by Gasteiger charge is -2.26. The van der Waals surface area contributed by atoms with Crippen LogP contribution >= 0.6 is 11.3 Å². The van der Waals surface area contributed by atoms with Gasteiger partial charge in [-0.1, -0.05) is 164 Å².